The monoisotopic (exact) mass is 430 g/mol. The number of hydrogen-bond acceptors (Lipinski definition) is 4. The number of amides is 3. The molecule has 6 heteroatoms. The average Bonchev–Trinajstić information content (AvgIpc) is 2.81. The number of benzene rings is 3. The van der Waals surface area contributed by atoms with Gasteiger partial charge in [-0.25, -0.2) is 0 Å². The van der Waals surface area contributed by atoms with Crippen LogP contribution in [0.5, 0.6) is 5.75 Å². The zero-order valence-corrected chi connectivity index (χ0v) is 18.5. The second kappa shape index (κ2) is 8.83. The molecule has 164 valence electrons. The lowest BCUT2D eigenvalue weighted by molar-refractivity contribution is -0.121. The zero-order chi connectivity index (χ0) is 22.8. The second-order valence-electron chi connectivity index (χ2n) is 8.17. The Kier molecular flexibility index (Phi) is 5.95. The summed E-state index contributed by atoms with van der Waals surface area (Å²) in [6.07, 6.45) is 0.472. The molecule has 0 aromatic heterocycles. The largest absolute Gasteiger partial charge is 0.497 e. The van der Waals surface area contributed by atoms with E-state index in [1.165, 1.54) is 4.90 Å². The Balaban J connectivity index is 1.53. The van der Waals surface area contributed by atoms with E-state index < -0.39 is 0 Å². The van der Waals surface area contributed by atoms with Crippen LogP contribution in [0.15, 0.2) is 60.7 Å². The van der Waals surface area contributed by atoms with Crippen molar-refractivity contribution in [2.45, 2.75) is 20.3 Å². The number of rotatable bonds is 7. The summed E-state index contributed by atoms with van der Waals surface area (Å²) < 4.78 is 5.21. The lowest BCUT2D eigenvalue weighted by atomic mass is 9.94. The number of nitrogens with zero attached hydrogens (tertiary/aromatic N) is 2. The molecule has 0 saturated carbocycles. The molecule has 0 N–H and O–H groups in total. The van der Waals surface area contributed by atoms with Crippen molar-refractivity contribution in [1.82, 2.24) is 4.90 Å². The lowest BCUT2D eigenvalue weighted by Crippen LogP contribution is -2.42. The molecular formula is C26H26N2O4. The number of imide groups is 1. The normalized spacial score (nSPS) is 13.1. The molecule has 6 nitrogen and oxygen atoms in total. The van der Waals surface area contributed by atoms with Crippen LogP contribution < -0.4 is 9.64 Å². The maximum absolute atomic E-state index is 13.1. The molecule has 3 aromatic rings. The lowest BCUT2D eigenvalue weighted by Gasteiger charge is -2.29. The molecule has 32 heavy (non-hydrogen) atoms. The van der Waals surface area contributed by atoms with Gasteiger partial charge >= 0.3 is 0 Å². The molecule has 0 bridgehead atoms. The summed E-state index contributed by atoms with van der Waals surface area (Å²) in [5.41, 5.74) is 1.85. The van der Waals surface area contributed by atoms with E-state index in [4.69, 9.17) is 4.74 Å². The van der Waals surface area contributed by atoms with Gasteiger partial charge in [0.15, 0.2) is 0 Å². The molecule has 0 saturated heterocycles. The Morgan fingerprint density at radius 2 is 1.53 bits per heavy atom. The van der Waals surface area contributed by atoms with Gasteiger partial charge in [0, 0.05) is 41.2 Å². The summed E-state index contributed by atoms with van der Waals surface area (Å²) in [6, 6.07) is 18.3. The van der Waals surface area contributed by atoms with E-state index in [1.54, 1.807) is 24.1 Å². The van der Waals surface area contributed by atoms with E-state index in [2.05, 4.69) is 0 Å². The third kappa shape index (κ3) is 3.84. The highest BCUT2D eigenvalue weighted by atomic mass is 16.5. The number of hydrogen-bond donors (Lipinski definition) is 0. The number of methoxy groups -OCH3 is 1. The van der Waals surface area contributed by atoms with E-state index in [1.807, 2.05) is 62.4 Å². The molecule has 1 aliphatic rings. The van der Waals surface area contributed by atoms with Gasteiger partial charge in [-0.05, 0) is 48.2 Å². The number of ether oxygens (including phenoxy) is 1. The van der Waals surface area contributed by atoms with Crippen molar-refractivity contribution in [3.05, 3.63) is 71.8 Å². The fraction of sp³-hybridized carbons (Fsp3) is 0.269. The van der Waals surface area contributed by atoms with Gasteiger partial charge in [-0.2, -0.15) is 0 Å². The maximum Gasteiger partial charge on any atom is 0.261 e. The minimum absolute atomic E-state index is 0.0124. The molecule has 0 unspecified atom stereocenters. The highest BCUT2D eigenvalue weighted by Gasteiger charge is 2.32. The predicted molar refractivity (Wildman–Crippen MR) is 124 cm³/mol. The summed E-state index contributed by atoms with van der Waals surface area (Å²) in [7, 11) is 1.59. The summed E-state index contributed by atoms with van der Waals surface area (Å²) in [4.78, 5) is 42.0. The third-order valence-electron chi connectivity index (χ3n) is 5.76. The van der Waals surface area contributed by atoms with Crippen LogP contribution >= 0.6 is 0 Å². The van der Waals surface area contributed by atoms with Gasteiger partial charge in [0.05, 0.1) is 7.11 Å². The van der Waals surface area contributed by atoms with E-state index in [9.17, 15) is 14.4 Å². The molecule has 0 atom stereocenters. The van der Waals surface area contributed by atoms with Crippen molar-refractivity contribution in [2.24, 2.45) is 5.92 Å². The summed E-state index contributed by atoms with van der Waals surface area (Å²) in [5.74, 6) is -0.0552. The van der Waals surface area contributed by atoms with Crippen molar-refractivity contribution in [1.29, 1.82) is 0 Å². The Labute approximate surface area is 187 Å². The summed E-state index contributed by atoms with van der Waals surface area (Å²) >= 11 is 0. The predicted octanol–water partition coefficient (Wildman–Crippen LogP) is 4.52. The molecular weight excluding hydrogens is 404 g/mol. The van der Waals surface area contributed by atoms with E-state index in [0.29, 0.717) is 29.8 Å². The molecule has 0 fully saturated rings. The van der Waals surface area contributed by atoms with Crippen molar-refractivity contribution in [2.75, 3.05) is 25.1 Å². The first kappa shape index (κ1) is 21.6. The molecule has 4 rings (SSSR count). The highest BCUT2D eigenvalue weighted by Crippen LogP contribution is 2.30. The average molecular weight is 431 g/mol. The van der Waals surface area contributed by atoms with Gasteiger partial charge in [0.1, 0.15) is 5.75 Å². The minimum Gasteiger partial charge on any atom is -0.497 e. The smallest absolute Gasteiger partial charge is 0.261 e. The first-order valence-corrected chi connectivity index (χ1v) is 10.8. The van der Waals surface area contributed by atoms with Crippen molar-refractivity contribution in [3.63, 3.8) is 0 Å². The highest BCUT2D eigenvalue weighted by molar-refractivity contribution is 6.25. The molecule has 0 spiro atoms. The molecule has 1 aliphatic heterocycles. The Hall–Kier alpha value is -3.67. The zero-order valence-electron chi connectivity index (χ0n) is 18.5. The fourth-order valence-corrected chi connectivity index (χ4v) is 4.11. The van der Waals surface area contributed by atoms with Gasteiger partial charge in [-0.15, -0.1) is 0 Å². The van der Waals surface area contributed by atoms with E-state index >= 15 is 0 Å². The van der Waals surface area contributed by atoms with Gasteiger partial charge in [0.2, 0.25) is 5.91 Å². The summed E-state index contributed by atoms with van der Waals surface area (Å²) in [5, 5.41) is 1.60. The van der Waals surface area contributed by atoms with Crippen LogP contribution in [-0.4, -0.2) is 42.8 Å². The van der Waals surface area contributed by atoms with Crippen molar-refractivity contribution >= 4 is 34.2 Å². The van der Waals surface area contributed by atoms with Crippen molar-refractivity contribution in [3.8, 4) is 5.75 Å². The number of anilines is 1. The molecule has 3 amide bonds. The molecule has 0 aliphatic carbocycles. The van der Waals surface area contributed by atoms with Crippen LogP contribution in [0.2, 0.25) is 0 Å². The van der Waals surface area contributed by atoms with Crippen LogP contribution in [-0.2, 0) is 4.79 Å². The molecule has 3 aromatic carbocycles. The fourth-order valence-electron chi connectivity index (χ4n) is 4.11. The van der Waals surface area contributed by atoms with Crippen LogP contribution in [0, 0.1) is 5.92 Å². The van der Waals surface area contributed by atoms with Gasteiger partial charge in [0.25, 0.3) is 11.8 Å². The van der Waals surface area contributed by atoms with Crippen LogP contribution in [0.25, 0.3) is 10.8 Å². The van der Waals surface area contributed by atoms with Crippen molar-refractivity contribution < 1.29 is 19.1 Å². The standard InChI is InChI=1S/C26H26N2O4/c1-17(2)24(29)27(19-11-13-20(32-3)14-12-19)15-6-16-28-25(30)21-9-4-7-18-8-5-10-22(23(18)21)26(28)31/h4-5,7-14,17H,6,15-16H2,1-3H3. The topological polar surface area (TPSA) is 66.9 Å². The number of carbonyl (C=O) groups excluding carboxylic acids is 3. The van der Waals surface area contributed by atoms with E-state index in [0.717, 1.165) is 16.5 Å². The Morgan fingerprint density at radius 1 is 0.938 bits per heavy atom. The van der Waals surface area contributed by atoms with Gasteiger partial charge in [-0.3, -0.25) is 19.3 Å². The SMILES string of the molecule is COc1ccc(N(CCCN2C(=O)c3cccc4cccc(c34)C2=O)C(=O)C(C)C)cc1. The van der Waals surface area contributed by atoms with Crippen LogP contribution in [0.4, 0.5) is 5.69 Å². The van der Waals surface area contributed by atoms with Crippen LogP contribution in [0.3, 0.4) is 0 Å². The molecule has 1 heterocycles. The van der Waals surface area contributed by atoms with E-state index in [-0.39, 0.29) is 30.2 Å². The maximum atomic E-state index is 13.1. The first-order chi connectivity index (χ1) is 15.4. The quantitative estimate of drug-likeness (QED) is 0.517. The minimum atomic E-state index is -0.287. The van der Waals surface area contributed by atoms with Crippen LogP contribution in [0.1, 0.15) is 41.0 Å². The summed E-state index contributed by atoms with van der Waals surface area (Å²) in [6.45, 7) is 4.34. The Bertz CT molecular complexity index is 1130. The number of carbonyl (C=O) groups is 3. The second-order valence-corrected chi connectivity index (χ2v) is 8.17. The van der Waals surface area contributed by atoms with Gasteiger partial charge in [-0.1, -0.05) is 38.1 Å². The Morgan fingerprint density at radius 3 is 2.06 bits per heavy atom. The first-order valence-electron chi connectivity index (χ1n) is 10.8. The van der Waals surface area contributed by atoms with Gasteiger partial charge < -0.3 is 9.64 Å². The third-order valence-corrected chi connectivity index (χ3v) is 5.76. The molecule has 0 radical (unpaired) electrons.